The zero-order chi connectivity index (χ0) is 30.9. The van der Waals surface area contributed by atoms with E-state index in [9.17, 15) is 0 Å². The number of nitrogens with zero attached hydrogens (tertiary/aromatic N) is 3. The predicted molar refractivity (Wildman–Crippen MR) is 190 cm³/mol. The first-order chi connectivity index (χ1) is 22.0. The lowest BCUT2D eigenvalue weighted by atomic mass is 9.91. The van der Waals surface area contributed by atoms with Gasteiger partial charge in [-0.1, -0.05) is 104 Å². The molecule has 0 aliphatic heterocycles. The van der Waals surface area contributed by atoms with Gasteiger partial charge in [-0.3, -0.25) is 9.38 Å². The number of aryl methyl sites for hydroxylation is 2. The maximum Gasteiger partial charge on any atom is 0.137 e. The van der Waals surface area contributed by atoms with E-state index >= 15 is 0 Å². The molecule has 0 amide bonds. The van der Waals surface area contributed by atoms with E-state index < -0.39 is 0 Å². The Morgan fingerprint density at radius 3 is 1.93 bits per heavy atom. The second-order valence-electron chi connectivity index (χ2n) is 11.3. The van der Waals surface area contributed by atoms with E-state index in [0.717, 1.165) is 84.1 Å². The molecule has 0 saturated carbocycles. The first-order valence-corrected chi connectivity index (χ1v) is 15.1. The van der Waals surface area contributed by atoms with Gasteiger partial charge in [-0.05, 0) is 95.3 Å². The van der Waals surface area contributed by atoms with E-state index in [4.69, 9.17) is 9.97 Å². The van der Waals surface area contributed by atoms with Crippen molar-refractivity contribution in [1.29, 1.82) is 0 Å². The number of imidazole rings is 1. The first kappa shape index (κ1) is 28.0. The van der Waals surface area contributed by atoms with Crippen molar-refractivity contribution in [1.82, 2.24) is 14.4 Å². The number of hydrogen-bond donors (Lipinski definition) is 0. The van der Waals surface area contributed by atoms with Gasteiger partial charge in [-0.2, -0.15) is 0 Å². The highest BCUT2D eigenvalue weighted by atomic mass is 15.0. The number of pyridine rings is 2. The quantitative estimate of drug-likeness (QED) is 0.188. The molecular weight excluding hydrogens is 546 g/mol. The Balaban J connectivity index is 1.36. The van der Waals surface area contributed by atoms with Crippen LogP contribution in [0.1, 0.15) is 22.5 Å². The largest absolute Gasteiger partial charge is 0.299 e. The highest BCUT2D eigenvalue weighted by molar-refractivity contribution is 5.86. The van der Waals surface area contributed by atoms with Crippen LogP contribution in [-0.4, -0.2) is 14.4 Å². The Kier molecular flexibility index (Phi) is 7.28. The van der Waals surface area contributed by atoms with Crippen molar-refractivity contribution in [3.8, 4) is 55.9 Å². The van der Waals surface area contributed by atoms with Gasteiger partial charge in [0.15, 0.2) is 0 Å². The summed E-state index contributed by atoms with van der Waals surface area (Å²) < 4.78 is 2.17. The molecule has 0 aliphatic rings. The number of aromatic nitrogens is 3. The van der Waals surface area contributed by atoms with Crippen LogP contribution in [-0.2, 0) is 0 Å². The fourth-order valence-electron chi connectivity index (χ4n) is 6.11. The van der Waals surface area contributed by atoms with E-state index in [1.54, 1.807) is 0 Å². The van der Waals surface area contributed by atoms with Gasteiger partial charge in [0.25, 0.3) is 0 Å². The van der Waals surface area contributed by atoms with Gasteiger partial charge >= 0.3 is 0 Å². The smallest absolute Gasteiger partial charge is 0.137 e. The molecule has 0 fully saturated rings. The maximum absolute atomic E-state index is 5.06. The number of hydrogen-bond acceptors (Lipinski definition) is 2. The van der Waals surface area contributed by atoms with Crippen LogP contribution < -0.4 is 0 Å². The van der Waals surface area contributed by atoms with Crippen molar-refractivity contribution < 1.29 is 0 Å². The second kappa shape index (κ2) is 11.7. The van der Waals surface area contributed by atoms with E-state index in [0.29, 0.717) is 0 Å². The SMILES string of the molecule is C=Cc1ccc(-c2cc(-c3ccc(-c4nc5ccccn5c4-c4ccccc4)cc3)cc(-c3ccc(C)nc3C)c2)cc1C=C. The topological polar surface area (TPSA) is 30.2 Å². The monoisotopic (exact) mass is 579 g/mol. The van der Waals surface area contributed by atoms with Gasteiger partial charge in [-0.15, -0.1) is 0 Å². The number of benzene rings is 4. The summed E-state index contributed by atoms with van der Waals surface area (Å²) in [6.07, 6.45) is 5.84. The maximum atomic E-state index is 5.06. The molecule has 216 valence electrons. The minimum absolute atomic E-state index is 0.927. The average Bonchev–Trinajstić information content (AvgIpc) is 3.48. The van der Waals surface area contributed by atoms with E-state index in [-0.39, 0.29) is 0 Å². The van der Waals surface area contributed by atoms with Crippen LogP contribution in [0.15, 0.2) is 141 Å². The van der Waals surface area contributed by atoms with Crippen molar-refractivity contribution in [3.05, 3.63) is 163 Å². The zero-order valence-corrected chi connectivity index (χ0v) is 25.5. The van der Waals surface area contributed by atoms with Gasteiger partial charge < -0.3 is 0 Å². The molecule has 0 aliphatic carbocycles. The zero-order valence-electron chi connectivity index (χ0n) is 25.5. The average molecular weight is 580 g/mol. The third-order valence-corrected chi connectivity index (χ3v) is 8.40. The van der Waals surface area contributed by atoms with Crippen molar-refractivity contribution >= 4 is 17.8 Å². The lowest BCUT2D eigenvalue weighted by Gasteiger charge is -2.14. The van der Waals surface area contributed by atoms with Crippen LogP contribution in [0.5, 0.6) is 0 Å². The third kappa shape index (κ3) is 5.30. The standard InChI is InChI=1S/C42H33N3/c1-5-30-16-21-35(24-31(30)6-2)37-25-36(26-38(27-37)39-22-15-28(3)43-29(39)4)32-17-19-33(20-18-32)41-42(34-12-8-7-9-13-34)45-23-11-10-14-40(45)44-41/h5-27H,1-2H2,3-4H3. The minimum Gasteiger partial charge on any atom is -0.299 e. The molecule has 4 aromatic carbocycles. The molecule has 0 N–H and O–H groups in total. The lowest BCUT2D eigenvalue weighted by molar-refractivity contribution is 1.13. The summed E-state index contributed by atoms with van der Waals surface area (Å²) in [5, 5.41) is 0. The molecule has 7 aromatic rings. The fraction of sp³-hybridized carbons (Fsp3) is 0.0476. The summed E-state index contributed by atoms with van der Waals surface area (Å²) in [5.41, 5.74) is 16.2. The summed E-state index contributed by atoms with van der Waals surface area (Å²) in [7, 11) is 0. The van der Waals surface area contributed by atoms with Gasteiger partial charge in [0.05, 0.1) is 11.4 Å². The molecule has 0 atom stereocenters. The Labute approximate surface area is 264 Å². The molecule has 0 bridgehead atoms. The third-order valence-electron chi connectivity index (χ3n) is 8.40. The fourth-order valence-corrected chi connectivity index (χ4v) is 6.11. The number of fused-ring (bicyclic) bond motifs is 1. The predicted octanol–water partition coefficient (Wildman–Crippen LogP) is 11.0. The lowest BCUT2D eigenvalue weighted by Crippen LogP contribution is -1.93. The van der Waals surface area contributed by atoms with Crippen LogP contribution in [0.4, 0.5) is 0 Å². The molecule has 0 radical (unpaired) electrons. The molecule has 3 heteroatoms. The highest BCUT2D eigenvalue weighted by Crippen LogP contribution is 2.37. The summed E-state index contributed by atoms with van der Waals surface area (Å²) >= 11 is 0. The molecular formula is C42H33N3. The van der Waals surface area contributed by atoms with Crippen LogP contribution in [0.2, 0.25) is 0 Å². The highest BCUT2D eigenvalue weighted by Gasteiger charge is 2.16. The molecule has 3 aromatic heterocycles. The van der Waals surface area contributed by atoms with E-state index in [1.165, 1.54) is 0 Å². The Hall–Kier alpha value is -5.80. The molecule has 3 nitrogen and oxygen atoms in total. The molecule has 45 heavy (non-hydrogen) atoms. The molecule has 3 heterocycles. The van der Waals surface area contributed by atoms with Crippen molar-refractivity contribution in [2.45, 2.75) is 13.8 Å². The molecule has 7 rings (SSSR count). The first-order valence-electron chi connectivity index (χ1n) is 15.1. The van der Waals surface area contributed by atoms with Crippen LogP contribution >= 0.6 is 0 Å². The Morgan fingerprint density at radius 1 is 0.533 bits per heavy atom. The second-order valence-corrected chi connectivity index (χ2v) is 11.3. The Bertz CT molecular complexity index is 2200. The van der Waals surface area contributed by atoms with Gasteiger partial charge in [0.1, 0.15) is 5.65 Å². The van der Waals surface area contributed by atoms with Gasteiger partial charge in [0.2, 0.25) is 0 Å². The van der Waals surface area contributed by atoms with Gasteiger partial charge in [-0.25, -0.2) is 4.98 Å². The van der Waals surface area contributed by atoms with Crippen molar-refractivity contribution in [2.24, 2.45) is 0 Å². The van der Waals surface area contributed by atoms with Crippen LogP contribution in [0, 0.1) is 13.8 Å². The summed E-state index contributed by atoms with van der Waals surface area (Å²) in [5.74, 6) is 0. The van der Waals surface area contributed by atoms with E-state index in [1.807, 2.05) is 37.3 Å². The normalized spacial score (nSPS) is 11.1. The van der Waals surface area contributed by atoms with Crippen molar-refractivity contribution in [2.75, 3.05) is 0 Å². The van der Waals surface area contributed by atoms with E-state index in [2.05, 4.69) is 134 Å². The Morgan fingerprint density at radius 2 is 1.20 bits per heavy atom. The summed E-state index contributed by atoms with van der Waals surface area (Å²) in [6, 6.07) is 42.9. The summed E-state index contributed by atoms with van der Waals surface area (Å²) in [4.78, 5) is 9.83. The molecule has 0 saturated heterocycles. The van der Waals surface area contributed by atoms with Gasteiger partial charge in [0, 0.05) is 34.3 Å². The minimum atomic E-state index is 0.927. The van der Waals surface area contributed by atoms with Crippen LogP contribution in [0.3, 0.4) is 0 Å². The summed E-state index contributed by atoms with van der Waals surface area (Å²) in [6.45, 7) is 12.1. The molecule has 0 spiro atoms. The number of rotatable bonds is 7. The molecule has 0 unspecified atom stereocenters. The van der Waals surface area contributed by atoms with Crippen LogP contribution in [0.25, 0.3) is 73.7 Å². The van der Waals surface area contributed by atoms with Crippen molar-refractivity contribution in [3.63, 3.8) is 0 Å².